The second kappa shape index (κ2) is 18.8. The fourth-order valence-corrected chi connectivity index (χ4v) is 3.98. The van der Waals surface area contributed by atoms with E-state index in [1.54, 1.807) is 0 Å². The lowest BCUT2D eigenvalue weighted by Crippen LogP contribution is -2.70. The van der Waals surface area contributed by atoms with Crippen molar-refractivity contribution in [3.05, 3.63) is 0 Å². The molecule has 6 atom stereocenters. The molecule has 45 heavy (non-hydrogen) atoms. The molecule has 0 N–H and O–H groups in total. The van der Waals surface area contributed by atoms with Crippen LogP contribution in [0.25, 0.3) is 0 Å². The minimum absolute atomic E-state index is 0.840. The van der Waals surface area contributed by atoms with E-state index in [2.05, 4.69) is 0 Å². The van der Waals surface area contributed by atoms with Gasteiger partial charge in [0.05, 0.1) is 0 Å². The van der Waals surface area contributed by atoms with Gasteiger partial charge in [0.15, 0.2) is 30.5 Å². The maximum atomic E-state index is 12.7. The first-order valence-corrected chi connectivity index (χ1v) is 13.2. The van der Waals surface area contributed by atoms with Gasteiger partial charge in [-0.15, -0.1) is 0 Å². The molecule has 0 saturated carbocycles. The van der Waals surface area contributed by atoms with Crippen LogP contribution >= 0.6 is 0 Å². The molecule has 254 valence electrons. The van der Waals surface area contributed by atoms with Crippen LogP contribution in [-0.4, -0.2) is 110 Å². The van der Waals surface area contributed by atoms with E-state index in [-0.39, 0.29) is 0 Å². The van der Waals surface area contributed by atoms with E-state index < -0.39 is 110 Å². The minimum Gasteiger partial charge on any atom is -0.462 e. The number of hydrogen-bond acceptors (Lipinski definition) is 18. The number of ether oxygens (including phenoxy) is 9. The quantitative estimate of drug-likeness (QED) is 0.144. The molecule has 0 spiro atoms. The average Bonchev–Trinajstić information content (AvgIpc) is 2.86. The van der Waals surface area contributed by atoms with Crippen molar-refractivity contribution in [2.45, 2.75) is 98.4 Å². The van der Waals surface area contributed by atoms with Crippen molar-refractivity contribution in [2.24, 2.45) is 0 Å². The van der Waals surface area contributed by atoms with Crippen LogP contribution in [0.15, 0.2) is 0 Å². The van der Waals surface area contributed by atoms with E-state index in [0.29, 0.717) is 0 Å². The number of carbonyl (C=O) groups excluding carboxylic acids is 9. The number of carbonyl (C=O) groups is 9. The topological polar surface area (TPSA) is 237 Å². The summed E-state index contributed by atoms with van der Waals surface area (Å²) in [6, 6.07) is 0. The predicted octanol–water partition coefficient (Wildman–Crippen LogP) is -0.364. The zero-order valence-corrected chi connectivity index (χ0v) is 26.4. The van der Waals surface area contributed by atoms with Gasteiger partial charge in [-0.1, -0.05) is 0 Å². The highest BCUT2D eigenvalue weighted by Crippen LogP contribution is 2.36. The Hall–Kier alpha value is -4.77. The summed E-state index contributed by atoms with van der Waals surface area (Å²) in [5.41, 5.74) is -2.84. The zero-order chi connectivity index (χ0) is 35.1. The Morgan fingerprint density at radius 2 is 0.800 bits per heavy atom. The number of rotatable bonds is 17. The second-order valence-corrected chi connectivity index (χ2v) is 9.36. The highest BCUT2D eigenvalue weighted by atomic mass is 16.7. The van der Waals surface area contributed by atoms with Crippen LogP contribution in [0.1, 0.15) is 62.3 Å². The summed E-state index contributed by atoms with van der Waals surface area (Å²) in [4.78, 5) is 110. The molecule has 0 aromatic heterocycles. The molecule has 0 aromatic carbocycles. The number of esters is 9. The van der Waals surface area contributed by atoms with Crippen molar-refractivity contribution in [1.82, 2.24) is 0 Å². The van der Waals surface area contributed by atoms with Gasteiger partial charge in [0.25, 0.3) is 0 Å². The van der Waals surface area contributed by atoms with Gasteiger partial charge < -0.3 is 42.6 Å². The summed E-state index contributed by atoms with van der Waals surface area (Å²) >= 11 is 0. The second-order valence-electron chi connectivity index (χ2n) is 9.36. The van der Waals surface area contributed by atoms with Gasteiger partial charge in [-0.25, -0.2) is 0 Å². The Labute approximate surface area is 258 Å². The molecule has 0 aliphatic heterocycles. The molecule has 0 fully saturated rings. The van der Waals surface area contributed by atoms with Gasteiger partial charge >= 0.3 is 53.7 Å². The molecule has 0 aliphatic rings. The third-order valence-electron chi connectivity index (χ3n) is 5.22. The third kappa shape index (κ3) is 15.0. The van der Waals surface area contributed by atoms with Crippen LogP contribution in [0.4, 0.5) is 0 Å². The van der Waals surface area contributed by atoms with Crippen LogP contribution < -0.4 is 0 Å². The lowest BCUT2D eigenvalue weighted by Gasteiger charge is -2.47. The Morgan fingerprint density at radius 1 is 0.422 bits per heavy atom. The monoisotopic (exact) mass is 650 g/mol. The highest BCUT2D eigenvalue weighted by molar-refractivity contribution is 5.71. The summed E-state index contributed by atoms with van der Waals surface area (Å²) < 4.78 is 47.4. The molecule has 18 nitrogen and oxygen atoms in total. The summed E-state index contributed by atoms with van der Waals surface area (Å²) in [7, 11) is 0. The average molecular weight is 651 g/mol. The van der Waals surface area contributed by atoms with Gasteiger partial charge in [0, 0.05) is 62.3 Å². The maximum absolute atomic E-state index is 12.7. The lowest BCUT2D eigenvalue weighted by molar-refractivity contribution is -0.263. The number of hydrogen-bond donors (Lipinski definition) is 0. The molecule has 0 saturated heterocycles. The molecule has 0 radical (unpaired) electrons. The summed E-state index contributed by atoms with van der Waals surface area (Å²) in [5.74, 6) is -9.51. The molecular formula is C27H38O18. The van der Waals surface area contributed by atoms with Gasteiger partial charge in [-0.2, -0.15) is 0 Å². The van der Waals surface area contributed by atoms with Crippen LogP contribution in [0.3, 0.4) is 0 Å². The molecular weight excluding hydrogens is 612 g/mol. The molecule has 0 aliphatic carbocycles. The highest BCUT2D eigenvalue weighted by Gasteiger charge is 2.63. The van der Waals surface area contributed by atoms with Gasteiger partial charge in [0.2, 0.25) is 5.60 Å². The largest absolute Gasteiger partial charge is 0.462 e. The lowest BCUT2D eigenvalue weighted by atomic mass is 9.82. The van der Waals surface area contributed by atoms with Crippen LogP contribution in [0.2, 0.25) is 0 Å². The van der Waals surface area contributed by atoms with Crippen molar-refractivity contribution in [1.29, 1.82) is 0 Å². The summed E-state index contributed by atoms with van der Waals surface area (Å²) in [5, 5.41) is 0. The van der Waals surface area contributed by atoms with E-state index in [1.807, 2.05) is 0 Å². The first kappa shape index (κ1) is 40.2. The van der Waals surface area contributed by atoms with E-state index in [1.165, 1.54) is 0 Å². The molecule has 0 heterocycles. The molecule has 6 unspecified atom stereocenters. The van der Waals surface area contributed by atoms with Gasteiger partial charge in [-0.3, -0.25) is 43.2 Å². The molecule has 18 heteroatoms. The van der Waals surface area contributed by atoms with E-state index in [0.717, 1.165) is 62.3 Å². The summed E-state index contributed by atoms with van der Waals surface area (Å²) in [6.07, 6.45) is -10.3. The SMILES string of the molecule is CC(=O)OCC(OC(C)=O)C(OC(C)=O)C(OC(C)=O)C(COC(C)=O)(OC(C)=O)C(OC(C)=O)C(COC(C)=O)OC(C)=O. The minimum atomic E-state index is -2.84. The van der Waals surface area contributed by atoms with Crippen molar-refractivity contribution < 1.29 is 85.8 Å². The van der Waals surface area contributed by atoms with Crippen molar-refractivity contribution in [3.63, 3.8) is 0 Å². The fraction of sp³-hybridized carbons (Fsp3) is 0.667. The molecule has 0 amide bonds. The van der Waals surface area contributed by atoms with E-state index in [9.17, 15) is 43.2 Å². The van der Waals surface area contributed by atoms with Gasteiger partial charge in [-0.05, 0) is 0 Å². The van der Waals surface area contributed by atoms with Crippen molar-refractivity contribution in [3.8, 4) is 0 Å². The molecule has 0 aromatic rings. The Bertz CT molecular complexity index is 1130. The smallest absolute Gasteiger partial charge is 0.303 e. The molecule has 0 bridgehead atoms. The third-order valence-corrected chi connectivity index (χ3v) is 5.22. The van der Waals surface area contributed by atoms with E-state index in [4.69, 9.17) is 42.6 Å². The zero-order valence-electron chi connectivity index (χ0n) is 26.4. The predicted molar refractivity (Wildman–Crippen MR) is 142 cm³/mol. The summed E-state index contributed by atoms with van der Waals surface area (Å²) in [6.45, 7) is 5.34. The van der Waals surface area contributed by atoms with Gasteiger partial charge in [0.1, 0.15) is 19.8 Å². The van der Waals surface area contributed by atoms with Crippen LogP contribution in [-0.2, 0) is 85.8 Å². The Kier molecular flexibility index (Phi) is 16.8. The van der Waals surface area contributed by atoms with Crippen molar-refractivity contribution >= 4 is 53.7 Å². The van der Waals surface area contributed by atoms with E-state index >= 15 is 0 Å². The first-order valence-electron chi connectivity index (χ1n) is 13.2. The van der Waals surface area contributed by atoms with Crippen LogP contribution in [0.5, 0.6) is 0 Å². The first-order chi connectivity index (χ1) is 20.7. The van der Waals surface area contributed by atoms with Crippen molar-refractivity contribution in [2.75, 3.05) is 19.8 Å². The van der Waals surface area contributed by atoms with Crippen LogP contribution in [0, 0.1) is 0 Å². The standard InChI is InChI=1S/C27H38O18/c1-13(28)37-10-22(40-16(4)31)24(42-18(6)33)26(44-20(8)35)27(45-21(9)36,12-39-15(3)30)25(43-19(7)34)23(41-17(5)32)11-38-14(2)29/h22-26H,10-12H2,1-9H3. The maximum Gasteiger partial charge on any atom is 0.303 e. The molecule has 0 rings (SSSR count). The Balaban J connectivity index is 8.13. The fourth-order valence-electron chi connectivity index (χ4n) is 3.98. The normalized spacial score (nSPS) is 15.1. The Morgan fingerprint density at radius 3 is 1.18 bits per heavy atom.